The number of anilines is 1. The van der Waals surface area contributed by atoms with E-state index in [9.17, 15) is 4.79 Å². The minimum Gasteiger partial charge on any atom is -0.444 e. The van der Waals surface area contributed by atoms with Crippen LogP contribution in [0.3, 0.4) is 0 Å². The number of amides is 1. The number of benzene rings is 1. The van der Waals surface area contributed by atoms with E-state index in [1.165, 1.54) is 6.39 Å². The largest absolute Gasteiger partial charge is 0.444 e. The number of carbonyl (C=O) groups is 1. The second kappa shape index (κ2) is 5.24. The Hall–Kier alpha value is -2.14. The molecule has 5 heteroatoms. The molecule has 0 spiro atoms. The van der Waals surface area contributed by atoms with E-state index in [1.54, 1.807) is 6.20 Å². The Kier molecular flexibility index (Phi) is 3.29. The van der Waals surface area contributed by atoms with Crippen molar-refractivity contribution >= 4 is 11.6 Å². The number of rotatable bonds is 3. The van der Waals surface area contributed by atoms with Crippen molar-refractivity contribution < 1.29 is 9.21 Å². The first-order valence-corrected chi connectivity index (χ1v) is 6.33. The fourth-order valence-corrected chi connectivity index (χ4v) is 2.23. The molecule has 1 atom stereocenters. The SMILES string of the molecule is O=C(Nc1cccc(-c2cnco2)c1)C1CCNC1. The van der Waals surface area contributed by atoms with Crippen LogP contribution in [-0.4, -0.2) is 24.0 Å². The normalized spacial score (nSPS) is 18.4. The molecule has 0 aliphatic carbocycles. The van der Waals surface area contributed by atoms with Gasteiger partial charge < -0.3 is 15.1 Å². The van der Waals surface area contributed by atoms with Gasteiger partial charge in [0.2, 0.25) is 5.91 Å². The highest BCUT2D eigenvalue weighted by atomic mass is 16.3. The third kappa shape index (κ3) is 2.66. The lowest BCUT2D eigenvalue weighted by Crippen LogP contribution is -2.24. The molecule has 2 N–H and O–H groups in total. The number of oxazole rings is 1. The predicted octanol–water partition coefficient (Wildman–Crippen LogP) is 1.89. The van der Waals surface area contributed by atoms with E-state index in [1.807, 2.05) is 24.3 Å². The zero-order valence-electron chi connectivity index (χ0n) is 10.4. The van der Waals surface area contributed by atoms with Gasteiger partial charge >= 0.3 is 0 Å². The van der Waals surface area contributed by atoms with Crippen LogP contribution in [-0.2, 0) is 4.79 Å². The monoisotopic (exact) mass is 257 g/mol. The van der Waals surface area contributed by atoms with E-state index in [0.29, 0.717) is 5.76 Å². The predicted molar refractivity (Wildman–Crippen MR) is 71.5 cm³/mol. The summed E-state index contributed by atoms with van der Waals surface area (Å²) in [6, 6.07) is 7.58. The van der Waals surface area contributed by atoms with Crippen LogP contribution in [0.1, 0.15) is 6.42 Å². The van der Waals surface area contributed by atoms with Gasteiger partial charge in [0.15, 0.2) is 12.2 Å². The molecular formula is C14H15N3O2. The molecule has 0 bridgehead atoms. The summed E-state index contributed by atoms with van der Waals surface area (Å²) in [7, 11) is 0. The van der Waals surface area contributed by atoms with Gasteiger partial charge in [-0.15, -0.1) is 0 Å². The molecule has 0 saturated carbocycles. The van der Waals surface area contributed by atoms with E-state index in [0.717, 1.165) is 30.8 Å². The van der Waals surface area contributed by atoms with Crippen LogP contribution in [0.25, 0.3) is 11.3 Å². The smallest absolute Gasteiger partial charge is 0.228 e. The van der Waals surface area contributed by atoms with Crippen molar-refractivity contribution in [1.29, 1.82) is 0 Å². The summed E-state index contributed by atoms with van der Waals surface area (Å²) in [6.07, 6.45) is 3.94. The fourth-order valence-electron chi connectivity index (χ4n) is 2.23. The third-order valence-corrected chi connectivity index (χ3v) is 3.28. The van der Waals surface area contributed by atoms with Gasteiger partial charge in [-0.05, 0) is 25.1 Å². The average molecular weight is 257 g/mol. The second-order valence-electron chi connectivity index (χ2n) is 4.63. The first-order valence-electron chi connectivity index (χ1n) is 6.33. The van der Waals surface area contributed by atoms with Gasteiger partial charge in [0.1, 0.15) is 0 Å². The van der Waals surface area contributed by atoms with Crippen molar-refractivity contribution in [2.75, 3.05) is 18.4 Å². The molecule has 1 aromatic heterocycles. The quantitative estimate of drug-likeness (QED) is 0.881. The summed E-state index contributed by atoms with van der Waals surface area (Å²) in [5, 5.41) is 6.13. The van der Waals surface area contributed by atoms with Gasteiger partial charge in [0.05, 0.1) is 12.1 Å². The summed E-state index contributed by atoms with van der Waals surface area (Å²) < 4.78 is 5.25. The molecule has 1 unspecified atom stereocenters. The number of carbonyl (C=O) groups excluding carboxylic acids is 1. The molecular weight excluding hydrogens is 242 g/mol. The molecule has 1 saturated heterocycles. The Morgan fingerprint density at radius 3 is 3.16 bits per heavy atom. The van der Waals surface area contributed by atoms with Crippen molar-refractivity contribution in [1.82, 2.24) is 10.3 Å². The maximum atomic E-state index is 12.0. The van der Waals surface area contributed by atoms with E-state index < -0.39 is 0 Å². The van der Waals surface area contributed by atoms with Gasteiger partial charge in [0.25, 0.3) is 0 Å². The summed E-state index contributed by atoms with van der Waals surface area (Å²) in [5.74, 6) is 0.826. The van der Waals surface area contributed by atoms with E-state index in [-0.39, 0.29) is 11.8 Å². The summed E-state index contributed by atoms with van der Waals surface area (Å²) in [5.41, 5.74) is 1.69. The Labute approximate surface area is 111 Å². The molecule has 1 fully saturated rings. The average Bonchev–Trinajstić information content (AvgIpc) is 3.13. The van der Waals surface area contributed by atoms with Crippen LogP contribution in [0.15, 0.2) is 41.3 Å². The molecule has 5 nitrogen and oxygen atoms in total. The second-order valence-corrected chi connectivity index (χ2v) is 4.63. The first-order chi connectivity index (χ1) is 9.33. The van der Waals surface area contributed by atoms with Crippen LogP contribution in [0.5, 0.6) is 0 Å². The molecule has 98 valence electrons. The third-order valence-electron chi connectivity index (χ3n) is 3.28. The molecule has 1 amide bonds. The summed E-state index contributed by atoms with van der Waals surface area (Å²) in [6.45, 7) is 1.67. The van der Waals surface area contributed by atoms with Crippen molar-refractivity contribution in [2.24, 2.45) is 5.92 Å². The van der Waals surface area contributed by atoms with Crippen molar-refractivity contribution in [3.8, 4) is 11.3 Å². The molecule has 2 aromatic rings. The highest BCUT2D eigenvalue weighted by molar-refractivity contribution is 5.93. The summed E-state index contributed by atoms with van der Waals surface area (Å²) in [4.78, 5) is 15.9. The molecule has 1 aliphatic heterocycles. The topological polar surface area (TPSA) is 67.2 Å². The van der Waals surface area contributed by atoms with E-state index in [2.05, 4.69) is 15.6 Å². The molecule has 2 heterocycles. The molecule has 0 radical (unpaired) electrons. The Balaban J connectivity index is 1.74. The van der Waals surface area contributed by atoms with Crippen LogP contribution in [0.2, 0.25) is 0 Å². The number of hydrogen-bond donors (Lipinski definition) is 2. The minimum atomic E-state index is 0.0638. The Bertz CT molecular complexity index is 560. The maximum Gasteiger partial charge on any atom is 0.228 e. The van der Waals surface area contributed by atoms with Gasteiger partial charge in [-0.1, -0.05) is 12.1 Å². The van der Waals surface area contributed by atoms with Crippen LogP contribution >= 0.6 is 0 Å². The van der Waals surface area contributed by atoms with Crippen molar-refractivity contribution in [3.63, 3.8) is 0 Å². The molecule has 1 aliphatic rings. The fraction of sp³-hybridized carbons (Fsp3) is 0.286. The lowest BCUT2D eigenvalue weighted by atomic mass is 10.1. The number of nitrogens with one attached hydrogen (secondary N) is 2. The molecule has 3 rings (SSSR count). The lowest BCUT2D eigenvalue weighted by molar-refractivity contribution is -0.119. The summed E-state index contributed by atoms with van der Waals surface area (Å²) >= 11 is 0. The Morgan fingerprint density at radius 2 is 2.42 bits per heavy atom. The number of nitrogens with zero attached hydrogens (tertiary/aromatic N) is 1. The number of hydrogen-bond acceptors (Lipinski definition) is 4. The first kappa shape index (κ1) is 11.9. The van der Waals surface area contributed by atoms with Gasteiger partial charge in [-0.2, -0.15) is 0 Å². The highest BCUT2D eigenvalue weighted by Crippen LogP contribution is 2.22. The van der Waals surface area contributed by atoms with E-state index >= 15 is 0 Å². The van der Waals surface area contributed by atoms with Gasteiger partial charge in [-0.3, -0.25) is 4.79 Å². The molecule has 1 aromatic carbocycles. The van der Waals surface area contributed by atoms with E-state index in [4.69, 9.17) is 4.42 Å². The zero-order valence-corrected chi connectivity index (χ0v) is 10.4. The lowest BCUT2D eigenvalue weighted by Gasteiger charge is -2.10. The number of aromatic nitrogens is 1. The van der Waals surface area contributed by atoms with Gasteiger partial charge in [-0.25, -0.2) is 4.98 Å². The zero-order chi connectivity index (χ0) is 13.1. The van der Waals surface area contributed by atoms with Gasteiger partial charge in [0, 0.05) is 17.8 Å². The minimum absolute atomic E-state index is 0.0638. The van der Waals surface area contributed by atoms with Crippen LogP contribution < -0.4 is 10.6 Å². The standard InChI is InChI=1S/C14H15N3O2/c18-14(11-4-5-15-7-11)17-12-3-1-2-10(6-12)13-8-16-9-19-13/h1-3,6,8-9,11,15H,4-5,7H2,(H,17,18). The highest BCUT2D eigenvalue weighted by Gasteiger charge is 2.22. The van der Waals surface area contributed by atoms with Crippen molar-refractivity contribution in [2.45, 2.75) is 6.42 Å². The Morgan fingerprint density at radius 1 is 1.47 bits per heavy atom. The van der Waals surface area contributed by atoms with Crippen LogP contribution in [0.4, 0.5) is 5.69 Å². The maximum absolute atomic E-state index is 12.0. The molecule has 19 heavy (non-hydrogen) atoms. The van der Waals surface area contributed by atoms with Crippen LogP contribution in [0, 0.1) is 5.92 Å². The van der Waals surface area contributed by atoms with Crippen molar-refractivity contribution in [3.05, 3.63) is 36.9 Å².